The van der Waals surface area contributed by atoms with E-state index in [-0.39, 0.29) is 0 Å². The standard InChI is InChI=1S/C9H5ClI2S/c10-3-5-6(11)1-2-8-9(5)7(12)4-13-8/h1-2,4H,3H2. The number of rotatable bonds is 1. The van der Waals surface area contributed by atoms with Gasteiger partial charge < -0.3 is 0 Å². The summed E-state index contributed by atoms with van der Waals surface area (Å²) in [6.45, 7) is 0. The van der Waals surface area contributed by atoms with Crippen LogP contribution in [-0.2, 0) is 5.88 Å². The van der Waals surface area contributed by atoms with E-state index in [0.717, 1.165) is 0 Å². The Kier molecular flexibility index (Phi) is 3.38. The van der Waals surface area contributed by atoms with Crippen LogP contribution in [0.4, 0.5) is 0 Å². The highest BCUT2D eigenvalue weighted by molar-refractivity contribution is 14.1. The van der Waals surface area contributed by atoms with Crippen molar-refractivity contribution in [3.8, 4) is 0 Å². The fourth-order valence-electron chi connectivity index (χ4n) is 1.27. The molecule has 0 fully saturated rings. The van der Waals surface area contributed by atoms with Crippen molar-refractivity contribution in [2.24, 2.45) is 0 Å². The van der Waals surface area contributed by atoms with Gasteiger partial charge in [-0.1, -0.05) is 0 Å². The lowest BCUT2D eigenvalue weighted by molar-refractivity contribution is 1.42. The van der Waals surface area contributed by atoms with E-state index in [4.69, 9.17) is 11.6 Å². The van der Waals surface area contributed by atoms with Crippen molar-refractivity contribution in [3.63, 3.8) is 0 Å². The van der Waals surface area contributed by atoms with Crippen LogP contribution in [0.15, 0.2) is 17.5 Å². The van der Waals surface area contributed by atoms with E-state index in [0.29, 0.717) is 5.88 Å². The average molecular weight is 434 g/mol. The Morgan fingerprint density at radius 2 is 2.00 bits per heavy atom. The van der Waals surface area contributed by atoms with Gasteiger partial charge in [0.1, 0.15) is 0 Å². The molecule has 0 N–H and O–H groups in total. The minimum atomic E-state index is 0.600. The second kappa shape index (κ2) is 4.20. The highest BCUT2D eigenvalue weighted by Gasteiger charge is 2.09. The van der Waals surface area contributed by atoms with Gasteiger partial charge in [0, 0.05) is 28.5 Å². The van der Waals surface area contributed by atoms with Crippen molar-refractivity contribution >= 4 is 78.2 Å². The van der Waals surface area contributed by atoms with E-state index < -0.39 is 0 Å². The van der Waals surface area contributed by atoms with Crippen molar-refractivity contribution in [3.05, 3.63) is 30.2 Å². The number of hydrogen-bond acceptors (Lipinski definition) is 1. The molecule has 0 spiro atoms. The Bertz CT molecular complexity index is 450. The molecule has 0 aliphatic heterocycles. The molecule has 68 valence electrons. The minimum absolute atomic E-state index is 0.600. The van der Waals surface area contributed by atoms with Gasteiger partial charge in [0.15, 0.2) is 0 Å². The lowest BCUT2D eigenvalue weighted by Crippen LogP contribution is -1.85. The van der Waals surface area contributed by atoms with Crippen LogP contribution in [0.2, 0.25) is 0 Å². The molecule has 0 aliphatic rings. The van der Waals surface area contributed by atoms with Crippen molar-refractivity contribution < 1.29 is 0 Å². The maximum atomic E-state index is 5.94. The van der Waals surface area contributed by atoms with Crippen molar-refractivity contribution in [1.82, 2.24) is 0 Å². The molecule has 0 saturated carbocycles. The zero-order valence-corrected chi connectivity index (χ0v) is 12.4. The lowest BCUT2D eigenvalue weighted by Gasteiger charge is -2.02. The highest BCUT2D eigenvalue weighted by Crippen LogP contribution is 2.33. The third-order valence-electron chi connectivity index (χ3n) is 1.88. The molecule has 0 saturated heterocycles. The quantitative estimate of drug-likeness (QED) is 0.445. The Morgan fingerprint density at radius 1 is 1.23 bits per heavy atom. The molecule has 2 aromatic rings. The van der Waals surface area contributed by atoms with Crippen molar-refractivity contribution in [2.75, 3.05) is 0 Å². The summed E-state index contributed by atoms with van der Waals surface area (Å²) in [4.78, 5) is 0. The van der Waals surface area contributed by atoms with E-state index in [1.54, 1.807) is 11.3 Å². The zero-order valence-electron chi connectivity index (χ0n) is 6.48. The molecule has 0 bridgehead atoms. The molecular weight excluding hydrogens is 429 g/mol. The van der Waals surface area contributed by atoms with Crippen LogP contribution < -0.4 is 0 Å². The van der Waals surface area contributed by atoms with Gasteiger partial charge in [-0.15, -0.1) is 22.9 Å². The SMILES string of the molecule is ClCc1c(I)ccc2scc(I)c12. The van der Waals surface area contributed by atoms with Crippen LogP contribution in [0.25, 0.3) is 10.1 Å². The fourth-order valence-corrected chi connectivity index (χ4v) is 4.44. The molecule has 0 unspecified atom stereocenters. The van der Waals surface area contributed by atoms with Gasteiger partial charge in [0.05, 0.1) is 0 Å². The Balaban J connectivity index is 2.88. The van der Waals surface area contributed by atoms with Gasteiger partial charge in [-0.25, -0.2) is 0 Å². The summed E-state index contributed by atoms with van der Waals surface area (Å²) in [5.41, 5.74) is 1.27. The molecule has 2 rings (SSSR count). The predicted molar refractivity (Wildman–Crippen MR) is 76.8 cm³/mol. The first kappa shape index (κ1) is 10.4. The first-order valence-corrected chi connectivity index (χ1v) is 7.21. The monoisotopic (exact) mass is 434 g/mol. The summed E-state index contributed by atoms with van der Waals surface area (Å²) < 4.78 is 3.91. The Labute approximate surface area is 113 Å². The maximum absolute atomic E-state index is 5.94. The Morgan fingerprint density at radius 3 is 2.69 bits per heavy atom. The summed E-state index contributed by atoms with van der Waals surface area (Å²) in [6, 6.07) is 4.30. The molecule has 0 aliphatic carbocycles. The van der Waals surface area contributed by atoms with Gasteiger partial charge in [-0.05, 0) is 62.9 Å². The molecular formula is C9H5ClI2S. The molecule has 0 radical (unpaired) electrons. The van der Waals surface area contributed by atoms with Crippen LogP contribution in [0.3, 0.4) is 0 Å². The molecule has 0 amide bonds. The molecule has 13 heavy (non-hydrogen) atoms. The third-order valence-corrected chi connectivity index (χ3v) is 5.38. The van der Waals surface area contributed by atoms with Crippen molar-refractivity contribution in [1.29, 1.82) is 0 Å². The average Bonchev–Trinajstić information content (AvgIpc) is 2.49. The maximum Gasteiger partial charge on any atom is 0.0491 e. The topological polar surface area (TPSA) is 0 Å². The zero-order chi connectivity index (χ0) is 9.42. The van der Waals surface area contributed by atoms with Crippen LogP contribution >= 0.6 is 68.1 Å². The molecule has 1 heterocycles. The second-order valence-electron chi connectivity index (χ2n) is 2.62. The summed E-state index contributed by atoms with van der Waals surface area (Å²) in [7, 11) is 0. The van der Waals surface area contributed by atoms with E-state index in [9.17, 15) is 0 Å². The van der Waals surface area contributed by atoms with Crippen LogP contribution in [0.5, 0.6) is 0 Å². The van der Waals surface area contributed by atoms with Gasteiger partial charge in [-0.2, -0.15) is 0 Å². The summed E-state index contributed by atoms with van der Waals surface area (Å²) >= 11 is 12.4. The molecule has 1 aromatic carbocycles. The van der Waals surface area contributed by atoms with Gasteiger partial charge in [-0.3, -0.25) is 0 Å². The molecule has 0 nitrogen and oxygen atoms in total. The van der Waals surface area contributed by atoms with E-state index in [1.807, 2.05) is 0 Å². The summed E-state index contributed by atoms with van der Waals surface area (Å²) in [5, 5.41) is 3.52. The van der Waals surface area contributed by atoms with Crippen LogP contribution in [-0.4, -0.2) is 0 Å². The van der Waals surface area contributed by atoms with Gasteiger partial charge in [0.25, 0.3) is 0 Å². The minimum Gasteiger partial charge on any atom is -0.143 e. The highest BCUT2D eigenvalue weighted by atomic mass is 127. The second-order valence-corrected chi connectivity index (χ2v) is 6.12. The van der Waals surface area contributed by atoms with E-state index in [2.05, 4.69) is 62.7 Å². The third kappa shape index (κ3) is 1.85. The van der Waals surface area contributed by atoms with Crippen LogP contribution in [0.1, 0.15) is 5.56 Å². The number of alkyl halides is 1. The summed E-state index contributed by atoms with van der Waals surface area (Å²) in [5.74, 6) is 0.600. The Hall–Kier alpha value is 0.930. The fraction of sp³-hybridized carbons (Fsp3) is 0.111. The smallest absolute Gasteiger partial charge is 0.0491 e. The predicted octanol–water partition coefficient (Wildman–Crippen LogP) is 4.85. The summed E-state index contributed by atoms with van der Waals surface area (Å²) in [6.07, 6.45) is 0. The number of hydrogen-bond donors (Lipinski definition) is 0. The normalized spacial score (nSPS) is 11.0. The first-order chi connectivity index (χ1) is 6.24. The largest absolute Gasteiger partial charge is 0.143 e. The first-order valence-electron chi connectivity index (χ1n) is 3.64. The van der Waals surface area contributed by atoms with Crippen molar-refractivity contribution in [2.45, 2.75) is 5.88 Å². The lowest BCUT2D eigenvalue weighted by atomic mass is 10.1. The van der Waals surface area contributed by atoms with Gasteiger partial charge >= 0.3 is 0 Å². The van der Waals surface area contributed by atoms with E-state index >= 15 is 0 Å². The number of halogens is 3. The molecule has 1 aromatic heterocycles. The van der Waals surface area contributed by atoms with Crippen LogP contribution in [0, 0.1) is 7.14 Å². The molecule has 0 atom stereocenters. The van der Waals surface area contributed by atoms with Gasteiger partial charge in [0.2, 0.25) is 0 Å². The number of benzene rings is 1. The molecule has 4 heteroatoms. The number of fused-ring (bicyclic) bond motifs is 1. The van der Waals surface area contributed by atoms with E-state index in [1.165, 1.54) is 22.8 Å². The number of thiophene rings is 1.